The fourth-order valence-corrected chi connectivity index (χ4v) is 2.59. The minimum Gasteiger partial charge on any atom is -0.342 e. The Bertz CT molecular complexity index is 714. The van der Waals surface area contributed by atoms with Gasteiger partial charge in [-0.25, -0.2) is 9.97 Å². The van der Waals surface area contributed by atoms with Crippen LogP contribution in [-0.4, -0.2) is 60.4 Å². The molecule has 1 saturated heterocycles. The van der Waals surface area contributed by atoms with E-state index in [0.717, 1.165) is 12.1 Å². The van der Waals surface area contributed by atoms with Crippen LogP contribution in [0.2, 0.25) is 0 Å². The first kappa shape index (κ1) is 15.9. The van der Waals surface area contributed by atoms with Crippen molar-refractivity contribution in [3.05, 3.63) is 48.3 Å². The Morgan fingerprint density at radius 3 is 2.50 bits per heavy atom. The predicted molar refractivity (Wildman–Crippen MR) is 91.1 cm³/mol. The number of aromatic nitrogens is 2. The molecule has 2 aromatic rings. The number of carbonyl (C=O) groups excluding carboxylic acids is 2. The lowest BCUT2D eigenvalue weighted by molar-refractivity contribution is -0.118. The highest BCUT2D eigenvalue weighted by Crippen LogP contribution is 2.16. The van der Waals surface area contributed by atoms with Crippen LogP contribution in [0.25, 0.3) is 0 Å². The molecule has 0 bridgehead atoms. The van der Waals surface area contributed by atoms with Gasteiger partial charge in [0.25, 0.3) is 5.91 Å². The summed E-state index contributed by atoms with van der Waals surface area (Å²) in [6, 6.07) is 11.0. The van der Waals surface area contributed by atoms with Crippen molar-refractivity contribution in [3.8, 4) is 0 Å². The second kappa shape index (κ2) is 7.08. The second-order valence-corrected chi connectivity index (χ2v) is 5.57. The number of benzene rings is 1. The molecule has 0 N–H and O–H groups in total. The van der Waals surface area contributed by atoms with E-state index in [0.29, 0.717) is 37.8 Å². The van der Waals surface area contributed by atoms with Gasteiger partial charge in [0.05, 0.1) is 0 Å². The average molecular weight is 325 g/mol. The number of para-hydroxylation sites is 1. The van der Waals surface area contributed by atoms with Crippen LogP contribution in [0.5, 0.6) is 0 Å². The number of anilines is 2. The largest absolute Gasteiger partial charge is 0.342 e. The molecule has 2 heterocycles. The number of piperazine rings is 1. The quantitative estimate of drug-likeness (QED) is 0.786. The Morgan fingerprint density at radius 2 is 1.83 bits per heavy atom. The second-order valence-electron chi connectivity index (χ2n) is 5.57. The molecule has 124 valence electrons. The number of amides is 2. The van der Waals surface area contributed by atoms with Gasteiger partial charge >= 0.3 is 0 Å². The molecule has 0 unspecified atom stereocenters. The first-order valence-electron chi connectivity index (χ1n) is 7.79. The van der Waals surface area contributed by atoms with Crippen molar-refractivity contribution in [3.63, 3.8) is 0 Å². The van der Waals surface area contributed by atoms with E-state index in [9.17, 15) is 9.59 Å². The van der Waals surface area contributed by atoms with E-state index in [4.69, 9.17) is 0 Å². The van der Waals surface area contributed by atoms with Crippen LogP contribution < -0.4 is 9.80 Å². The van der Waals surface area contributed by atoms with Gasteiger partial charge in [0.1, 0.15) is 5.69 Å². The summed E-state index contributed by atoms with van der Waals surface area (Å²) in [7, 11) is 1.72. The summed E-state index contributed by atoms with van der Waals surface area (Å²) in [5.41, 5.74) is 1.16. The summed E-state index contributed by atoms with van der Waals surface area (Å²) in [5, 5.41) is 0. The van der Waals surface area contributed by atoms with Gasteiger partial charge in [-0.15, -0.1) is 0 Å². The minimum absolute atomic E-state index is 0.184. The van der Waals surface area contributed by atoms with Crippen molar-refractivity contribution in [2.75, 3.05) is 43.0 Å². The Hall–Kier alpha value is -2.96. The molecule has 7 heteroatoms. The predicted octanol–water partition coefficient (Wildman–Crippen LogP) is 1.03. The third-order valence-corrected chi connectivity index (χ3v) is 4.06. The van der Waals surface area contributed by atoms with Gasteiger partial charge in [0.2, 0.25) is 12.4 Å². The van der Waals surface area contributed by atoms with Crippen LogP contribution >= 0.6 is 0 Å². The van der Waals surface area contributed by atoms with Crippen molar-refractivity contribution in [1.82, 2.24) is 14.9 Å². The molecule has 0 saturated carbocycles. The van der Waals surface area contributed by atoms with E-state index < -0.39 is 0 Å². The van der Waals surface area contributed by atoms with E-state index in [1.807, 2.05) is 35.2 Å². The van der Waals surface area contributed by atoms with E-state index in [2.05, 4.69) is 9.97 Å². The lowest BCUT2D eigenvalue weighted by Gasteiger charge is -2.32. The summed E-state index contributed by atoms with van der Waals surface area (Å²) in [5.74, 6) is 0.337. The highest BCUT2D eigenvalue weighted by Gasteiger charge is 2.20. The van der Waals surface area contributed by atoms with Gasteiger partial charge in [-0.3, -0.25) is 9.59 Å². The van der Waals surface area contributed by atoms with Gasteiger partial charge in [0, 0.05) is 45.1 Å². The van der Waals surface area contributed by atoms with Crippen LogP contribution in [0, 0.1) is 0 Å². The SMILES string of the molecule is CN(C(=O)c1ccnc(N2CCN(C=O)CC2)n1)c1ccccc1. The Morgan fingerprint density at radius 1 is 1.12 bits per heavy atom. The minimum atomic E-state index is -0.184. The topological polar surface area (TPSA) is 69.6 Å². The first-order chi connectivity index (χ1) is 11.7. The zero-order valence-electron chi connectivity index (χ0n) is 13.5. The molecule has 1 aromatic carbocycles. The monoisotopic (exact) mass is 325 g/mol. The molecule has 0 radical (unpaired) electrons. The van der Waals surface area contributed by atoms with E-state index in [-0.39, 0.29) is 5.91 Å². The smallest absolute Gasteiger partial charge is 0.276 e. The number of rotatable bonds is 4. The summed E-state index contributed by atoms with van der Waals surface area (Å²) in [6.45, 7) is 2.58. The van der Waals surface area contributed by atoms with E-state index >= 15 is 0 Å². The highest BCUT2D eigenvalue weighted by molar-refractivity contribution is 6.04. The summed E-state index contributed by atoms with van der Waals surface area (Å²) < 4.78 is 0. The number of hydrogen-bond acceptors (Lipinski definition) is 5. The molecule has 2 amide bonds. The molecular formula is C17H19N5O2. The Labute approximate surface area is 140 Å². The number of hydrogen-bond donors (Lipinski definition) is 0. The van der Waals surface area contributed by atoms with Crippen molar-refractivity contribution in [2.45, 2.75) is 0 Å². The van der Waals surface area contributed by atoms with Crippen molar-refractivity contribution in [1.29, 1.82) is 0 Å². The standard InChI is InChI=1S/C17H19N5O2/c1-20(14-5-3-2-4-6-14)16(24)15-7-8-18-17(19-15)22-11-9-21(13-23)10-12-22/h2-8,13H,9-12H2,1H3. The highest BCUT2D eigenvalue weighted by atomic mass is 16.2. The third kappa shape index (κ3) is 3.34. The van der Waals surface area contributed by atoms with Crippen LogP contribution in [0.3, 0.4) is 0 Å². The van der Waals surface area contributed by atoms with Gasteiger partial charge in [-0.2, -0.15) is 0 Å². The van der Waals surface area contributed by atoms with Crippen molar-refractivity contribution in [2.24, 2.45) is 0 Å². The zero-order chi connectivity index (χ0) is 16.9. The zero-order valence-corrected chi connectivity index (χ0v) is 13.5. The lowest BCUT2D eigenvalue weighted by Crippen LogP contribution is -2.46. The normalized spacial score (nSPS) is 14.4. The fourth-order valence-electron chi connectivity index (χ4n) is 2.59. The maximum atomic E-state index is 12.6. The van der Waals surface area contributed by atoms with Crippen LogP contribution in [0.1, 0.15) is 10.5 Å². The van der Waals surface area contributed by atoms with Crippen molar-refractivity contribution < 1.29 is 9.59 Å². The molecule has 24 heavy (non-hydrogen) atoms. The molecule has 1 aliphatic rings. The number of nitrogens with zero attached hydrogens (tertiary/aromatic N) is 5. The first-order valence-corrected chi connectivity index (χ1v) is 7.79. The lowest BCUT2D eigenvalue weighted by atomic mass is 10.2. The van der Waals surface area contributed by atoms with Crippen molar-refractivity contribution >= 4 is 24.0 Å². The molecule has 0 atom stereocenters. The Balaban J connectivity index is 1.75. The van der Waals surface area contributed by atoms with Gasteiger partial charge < -0.3 is 14.7 Å². The molecule has 0 spiro atoms. The van der Waals surface area contributed by atoms with Gasteiger partial charge in [-0.1, -0.05) is 18.2 Å². The van der Waals surface area contributed by atoms with Crippen LogP contribution in [0.4, 0.5) is 11.6 Å². The van der Waals surface area contributed by atoms with Gasteiger partial charge in [-0.05, 0) is 18.2 Å². The molecule has 3 rings (SSSR count). The summed E-state index contributed by atoms with van der Waals surface area (Å²) in [4.78, 5) is 37.4. The maximum Gasteiger partial charge on any atom is 0.276 e. The molecular weight excluding hydrogens is 306 g/mol. The average Bonchev–Trinajstić information content (AvgIpc) is 2.67. The molecule has 0 aliphatic carbocycles. The van der Waals surface area contributed by atoms with Crippen LogP contribution in [-0.2, 0) is 4.79 Å². The van der Waals surface area contributed by atoms with Gasteiger partial charge in [0.15, 0.2) is 0 Å². The molecule has 1 aliphatic heterocycles. The summed E-state index contributed by atoms with van der Waals surface area (Å²) in [6.07, 6.45) is 2.45. The summed E-state index contributed by atoms with van der Waals surface area (Å²) >= 11 is 0. The molecule has 7 nitrogen and oxygen atoms in total. The molecule has 1 fully saturated rings. The maximum absolute atomic E-state index is 12.6. The van der Waals surface area contributed by atoms with E-state index in [1.165, 1.54) is 0 Å². The third-order valence-electron chi connectivity index (χ3n) is 4.06. The fraction of sp³-hybridized carbons (Fsp3) is 0.294. The van der Waals surface area contributed by atoms with Crippen LogP contribution in [0.15, 0.2) is 42.6 Å². The van der Waals surface area contributed by atoms with E-state index in [1.54, 1.807) is 29.1 Å². The number of carbonyl (C=O) groups is 2. The Kier molecular flexibility index (Phi) is 4.69. The molecule has 1 aromatic heterocycles.